The molecule has 0 spiro atoms. The predicted molar refractivity (Wildman–Crippen MR) is 30.5 cm³/mol. The molecule has 0 saturated heterocycles. The molecule has 0 aliphatic rings. The summed E-state index contributed by atoms with van der Waals surface area (Å²) in [6, 6.07) is 0. The molecule has 2 heteroatoms. The molecule has 0 N–H and O–H groups in total. The van der Waals surface area contributed by atoms with E-state index in [-0.39, 0.29) is 11.4 Å². The van der Waals surface area contributed by atoms with Crippen LogP contribution in [0.25, 0.3) is 0 Å². The van der Waals surface area contributed by atoms with Crippen LogP contribution in [0.4, 0.5) is 0 Å². The Bertz CT molecular complexity index is 133. The Hall–Kier alpha value is -0.920. The van der Waals surface area contributed by atoms with Gasteiger partial charge in [0.15, 0.2) is 12.1 Å². The van der Waals surface area contributed by atoms with Gasteiger partial charge in [-0.05, 0) is 13.8 Å². The molecule has 0 aliphatic carbocycles. The molecule has 0 atom stereocenters. The maximum absolute atomic E-state index is 10.3. The van der Waals surface area contributed by atoms with Crippen LogP contribution in [-0.4, -0.2) is 12.1 Å². The molecular formula is C6H8O2. The van der Waals surface area contributed by atoms with Crippen LogP contribution in [0.2, 0.25) is 0 Å². The van der Waals surface area contributed by atoms with Gasteiger partial charge in [-0.25, -0.2) is 0 Å². The highest BCUT2D eigenvalue weighted by Crippen LogP contribution is 1.88. The second-order valence-corrected chi connectivity index (χ2v) is 1.42. The first kappa shape index (κ1) is 7.08. The van der Waals surface area contributed by atoms with Crippen molar-refractivity contribution in [1.82, 2.24) is 0 Å². The number of ketones is 1. The molecule has 44 valence electrons. The molecule has 0 rings (SSSR count). The summed E-state index contributed by atoms with van der Waals surface area (Å²) in [5, 5.41) is 0. The number of hydrogen-bond donors (Lipinski definition) is 0. The smallest absolute Gasteiger partial charge is 0.162 e. The van der Waals surface area contributed by atoms with Gasteiger partial charge >= 0.3 is 0 Å². The molecular weight excluding hydrogens is 104 g/mol. The first-order chi connectivity index (χ1) is 3.72. The van der Waals surface area contributed by atoms with Crippen LogP contribution < -0.4 is 0 Å². The van der Waals surface area contributed by atoms with Gasteiger partial charge in [0.2, 0.25) is 0 Å². The van der Waals surface area contributed by atoms with Gasteiger partial charge in [-0.1, -0.05) is 6.08 Å². The molecule has 0 unspecified atom stereocenters. The summed E-state index contributed by atoms with van der Waals surface area (Å²) in [7, 11) is 0. The van der Waals surface area contributed by atoms with Crippen LogP contribution in [0.1, 0.15) is 13.8 Å². The van der Waals surface area contributed by atoms with E-state index >= 15 is 0 Å². The summed E-state index contributed by atoms with van der Waals surface area (Å²) in [5.41, 5.74) is 0.241. The molecule has 0 heterocycles. The van der Waals surface area contributed by atoms with E-state index in [1.807, 2.05) is 0 Å². The Morgan fingerprint density at radius 1 is 1.50 bits per heavy atom. The Labute approximate surface area is 48.2 Å². The third-order valence-corrected chi connectivity index (χ3v) is 0.844. The molecule has 2 nitrogen and oxygen atoms in total. The first-order valence-electron chi connectivity index (χ1n) is 2.34. The van der Waals surface area contributed by atoms with Gasteiger partial charge in [0.1, 0.15) is 0 Å². The zero-order valence-electron chi connectivity index (χ0n) is 4.97. The monoisotopic (exact) mass is 112 g/mol. The van der Waals surface area contributed by atoms with Crippen LogP contribution in [-0.2, 0) is 9.59 Å². The molecule has 8 heavy (non-hydrogen) atoms. The quantitative estimate of drug-likeness (QED) is 0.228. The topological polar surface area (TPSA) is 34.1 Å². The lowest BCUT2D eigenvalue weighted by Crippen LogP contribution is -1.95. The number of rotatable bonds is 2. The number of aldehydes is 1. The first-order valence-corrected chi connectivity index (χ1v) is 2.34. The highest BCUT2D eigenvalue weighted by atomic mass is 16.1. The van der Waals surface area contributed by atoms with Crippen molar-refractivity contribution in [3.63, 3.8) is 0 Å². The summed E-state index contributed by atoms with van der Waals surface area (Å²) in [6.45, 7) is 3.02. The fraction of sp³-hybridized carbons (Fsp3) is 0.333. The van der Waals surface area contributed by atoms with Crippen molar-refractivity contribution < 1.29 is 9.59 Å². The van der Waals surface area contributed by atoms with E-state index < -0.39 is 0 Å². The molecule has 0 aromatic heterocycles. The fourth-order valence-corrected chi connectivity index (χ4v) is 0.354. The average Bonchev–Trinajstić information content (AvgIpc) is 1.69. The maximum atomic E-state index is 10.3. The number of hydrogen-bond acceptors (Lipinski definition) is 2. The van der Waals surface area contributed by atoms with E-state index in [2.05, 4.69) is 0 Å². The number of carbonyl (C=O) groups is 2. The summed E-state index contributed by atoms with van der Waals surface area (Å²) < 4.78 is 0. The van der Waals surface area contributed by atoms with Crippen LogP contribution in [0.5, 0.6) is 0 Å². The molecule has 0 amide bonds. The van der Waals surface area contributed by atoms with E-state index in [1.54, 1.807) is 6.92 Å². The van der Waals surface area contributed by atoms with Gasteiger partial charge in [-0.15, -0.1) is 0 Å². The van der Waals surface area contributed by atoms with Crippen molar-refractivity contribution in [2.75, 3.05) is 0 Å². The highest BCUT2D eigenvalue weighted by molar-refractivity contribution is 6.10. The number of carbonyl (C=O) groups excluding carboxylic acids is 2. The number of allylic oxidation sites excluding steroid dienone is 2. The predicted octanol–water partition coefficient (Wildman–Crippen LogP) is 0.721. The van der Waals surface area contributed by atoms with Crippen LogP contribution >= 0.6 is 0 Å². The van der Waals surface area contributed by atoms with Crippen molar-refractivity contribution in [2.24, 2.45) is 0 Å². The largest absolute Gasteiger partial charge is 0.298 e. The number of Topliss-reactive ketones (excluding diaryl/α,β-unsaturated/α-hetero) is 1. The Morgan fingerprint density at radius 2 is 2.00 bits per heavy atom. The molecule has 0 radical (unpaired) electrons. The lowest BCUT2D eigenvalue weighted by atomic mass is 10.2. The van der Waals surface area contributed by atoms with E-state index in [0.29, 0.717) is 6.29 Å². The van der Waals surface area contributed by atoms with Crippen molar-refractivity contribution in [3.05, 3.63) is 11.6 Å². The standard InChI is InChI=1S/C6H8O2/c1-3-6(4-7)5(2)8/h3-4H,1-2H3/b6-3-. The van der Waals surface area contributed by atoms with Gasteiger partial charge in [-0.2, -0.15) is 0 Å². The third-order valence-electron chi connectivity index (χ3n) is 0.844. The van der Waals surface area contributed by atoms with E-state index in [0.717, 1.165) is 0 Å². The van der Waals surface area contributed by atoms with Gasteiger partial charge in [0, 0.05) is 0 Å². The van der Waals surface area contributed by atoms with E-state index in [4.69, 9.17) is 0 Å². The van der Waals surface area contributed by atoms with Crippen LogP contribution in [0, 0.1) is 0 Å². The van der Waals surface area contributed by atoms with Gasteiger partial charge < -0.3 is 0 Å². The summed E-state index contributed by atoms with van der Waals surface area (Å²) >= 11 is 0. The van der Waals surface area contributed by atoms with Gasteiger partial charge in [0.05, 0.1) is 5.57 Å². The van der Waals surface area contributed by atoms with Crippen LogP contribution in [0.3, 0.4) is 0 Å². The Kier molecular flexibility index (Phi) is 2.77. The highest BCUT2D eigenvalue weighted by Gasteiger charge is 1.96. The summed E-state index contributed by atoms with van der Waals surface area (Å²) in [6.07, 6.45) is 2.05. The van der Waals surface area contributed by atoms with Gasteiger partial charge in [-0.3, -0.25) is 9.59 Å². The fourth-order valence-electron chi connectivity index (χ4n) is 0.354. The normalized spacial score (nSPS) is 11.0. The van der Waals surface area contributed by atoms with Gasteiger partial charge in [0.25, 0.3) is 0 Å². The third kappa shape index (κ3) is 1.69. The zero-order valence-corrected chi connectivity index (χ0v) is 4.97. The second kappa shape index (κ2) is 3.13. The minimum absolute atomic E-state index is 0.178. The molecule has 0 bridgehead atoms. The van der Waals surface area contributed by atoms with Crippen LogP contribution in [0.15, 0.2) is 11.6 Å². The Morgan fingerprint density at radius 3 is 2.00 bits per heavy atom. The molecule has 0 aromatic carbocycles. The van der Waals surface area contributed by atoms with Crippen molar-refractivity contribution >= 4 is 12.1 Å². The molecule has 0 fully saturated rings. The zero-order chi connectivity index (χ0) is 6.57. The summed E-state index contributed by atoms with van der Waals surface area (Å²) in [4.78, 5) is 20.2. The van der Waals surface area contributed by atoms with Crippen molar-refractivity contribution in [3.8, 4) is 0 Å². The second-order valence-electron chi connectivity index (χ2n) is 1.42. The van der Waals surface area contributed by atoms with Crippen molar-refractivity contribution in [1.29, 1.82) is 0 Å². The molecule has 0 aliphatic heterocycles. The minimum atomic E-state index is -0.178. The SMILES string of the molecule is C/C=C(/C=O)C(C)=O. The molecule has 0 saturated carbocycles. The lowest BCUT2D eigenvalue weighted by Gasteiger charge is -1.84. The lowest BCUT2D eigenvalue weighted by molar-refractivity contribution is -0.115. The minimum Gasteiger partial charge on any atom is -0.298 e. The van der Waals surface area contributed by atoms with E-state index in [1.165, 1.54) is 13.0 Å². The summed E-state index contributed by atoms with van der Waals surface area (Å²) in [5.74, 6) is -0.178. The average molecular weight is 112 g/mol. The van der Waals surface area contributed by atoms with E-state index in [9.17, 15) is 9.59 Å². The Balaban J connectivity index is 4.13. The van der Waals surface area contributed by atoms with Crippen molar-refractivity contribution in [2.45, 2.75) is 13.8 Å². The molecule has 0 aromatic rings. The maximum Gasteiger partial charge on any atom is 0.162 e.